The van der Waals surface area contributed by atoms with Gasteiger partial charge in [-0.15, -0.1) is 0 Å². The predicted octanol–water partition coefficient (Wildman–Crippen LogP) is -0.197. The molecule has 0 saturated heterocycles. The Morgan fingerprint density at radius 1 is 1.44 bits per heavy atom. The zero-order valence-corrected chi connectivity index (χ0v) is 10.3. The van der Waals surface area contributed by atoms with Crippen LogP contribution in [0.15, 0.2) is 12.4 Å². The van der Waals surface area contributed by atoms with Gasteiger partial charge < -0.3 is 14.9 Å². The average molecular weight is 255 g/mol. The Bertz CT molecular complexity index is 380. The number of hydrogen-bond acceptors (Lipinski definition) is 6. The fourth-order valence-electron chi connectivity index (χ4n) is 0.955. The van der Waals surface area contributed by atoms with Gasteiger partial charge >= 0.3 is 0 Å². The summed E-state index contributed by atoms with van der Waals surface area (Å²) in [5, 5.41) is 20.2. The minimum absolute atomic E-state index is 0.0441. The Morgan fingerprint density at radius 3 is 2.56 bits per heavy atom. The van der Waals surface area contributed by atoms with Crippen LogP contribution in [-0.4, -0.2) is 45.4 Å². The van der Waals surface area contributed by atoms with E-state index in [0.29, 0.717) is 5.75 Å². The molecule has 0 fully saturated rings. The highest BCUT2D eigenvalue weighted by molar-refractivity contribution is 5.90. The van der Waals surface area contributed by atoms with Gasteiger partial charge in [0.2, 0.25) is 11.9 Å². The van der Waals surface area contributed by atoms with Gasteiger partial charge in [-0.05, 0) is 0 Å². The lowest BCUT2D eigenvalue weighted by atomic mass is 10.2. The number of carbonyl (C=O) groups is 1. The summed E-state index contributed by atoms with van der Waals surface area (Å²) in [6.07, 6.45) is 1.82. The number of carbonyl (C=O) groups excluding carboxylic acids is 1. The highest BCUT2D eigenvalue weighted by atomic mass is 16.5. The molecule has 1 aromatic heterocycles. The van der Waals surface area contributed by atoms with Gasteiger partial charge in [0.15, 0.2) is 5.75 Å². The van der Waals surface area contributed by atoms with Crippen LogP contribution in [0.5, 0.6) is 5.75 Å². The smallest absolute Gasteiger partial charge is 0.229 e. The van der Waals surface area contributed by atoms with E-state index < -0.39 is 6.10 Å². The van der Waals surface area contributed by atoms with Crippen molar-refractivity contribution in [2.24, 2.45) is 5.92 Å². The molecule has 0 spiro atoms. The van der Waals surface area contributed by atoms with Crippen molar-refractivity contribution in [3.63, 3.8) is 0 Å². The molecule has 1 atom stereocenters. The third-order valence-corrected chi connectivity index (χ3v) is 2.04. The molecule has 0 radical (unpaired) electrons. The van der Waals surface area contributed by atoms with E-state index in [4.69, 9.17) is 14.9 Å². The summed E-state index contributed by atoms with van der Waals surface area (Å²) in [6.45, 7) is 3.12. The molecule has 3 N–H and O–H groups in total. The molecular weight excluding hydrogens is 238 g/mol. The van der Waals surface area contributed by atoms with E-state index in [1.165, 1.54) is 12.4 Å². The van der Waals surface area contributed by atoms with E-state index in [-0.39, 0.29) is 31.0 Å². The minimum Gasteiger partial charge on any atom is -0.488 e. The number of nitrogens with zero attached hydrogens (tertiary/aromatic N) is 2. The molecule has 1 aromatic rings. The second kappa shape index (κ2) is 6.87. The maximum atomic E-state index is 11.4. The lowest BCUT2D eigenvalue weighted by Crippen LogP contribution is -2.21. The standard InChI is InChI=1S/C11H17N3O4/c1-7(2)10(17)14-11-12-3-9(4-13-11)18-6-8(16)5-15/h3-4,7-8,15-16H,5-6H2,1-2H3,(H,12,13,14,17)/t8-/m1/s1. The number of aliphatic hydroxyl groups excluding tert-OH is 2. The number of anilines is 1. The summed E-state index contributed by atoms with van der Waals surface area (Å²) < 4.78 is 5.12. The summed E-state index contributed by atoms with van der Waals surface area (Å²) in [5.41, 5.74) is 0. The van der Waals surface area contributed by atoms with Crippen molar-refractivity contribution in [3.8, 4) is 5.75 Å². The van der Waals surface area contributed by atoms with Crippen LogP contribution in [0.25, 0.3) is 0 Å². The zero-order chi connectivity index (χ0) is 13.5. The molecule has 1 heterocycles. The lowest BCUT2D eigenvalue weighted by Gasteiger charge is -2.10. The highest BCUT2D eigenvalue weighted by Gasteiger charge is 2.09. The average Bonchev–Trinajstić information content (AvgIpc) is 2.37. The molecular formula is C11H17N3O4. The second-order valence-electron chi connectivity index (χ2n) is 4.03. The maximum absolute atomic E-state index is 11.4. The molecule has 0 saturated carbocycles. The largest absolute Gasteiger partial charge is 0.488 e. The molecule has 0 aliphatic heterocycles. The number of hydrogen-bond donors (Lipinski definition) is 3. The third-order valence-electron chi connectivity index (χ3n) is 2.04. The molecule has 7 nitrogen and oxygen atoms in total. The number of aliphatic hydroxyl groups is 2. The van der Waals surface area contributed by atoms with Gasteiger partial charge in [-0.2, -0.15) is 0 Å². The van der Waals surface area contributed by atoms with Crippen LogP contribution >= 0.6 is 0 Å². The number of aromatic nitrogens is 2. The Hall–Kier alpha value is -1.73. The Morgan fingerprint density at radius 2 is 2.06 bits per heavy atom. The first-order valence-electron chi connectivity index (χ1n) is 5.57. The minimum atomic E-state index is -0.940. The van der Waals surface area contributed by atoms with Crippen LogP contribution in [0.3, 0.4) is 0 Å². The second-order valence-corrected chi connectivity index (χ2v) is 4.03. The molecule has 0 aromatic carbocycles. The van der Waals surface area contributed by atoms with Crippen LogP contribution < -0.4 is 10.1 Å². The summed E-state index contributed by atoms with van der Waals surface area (Å²) in [5.74, 6) is 0.234. The molecule has 100 valence electrons. The van der Waals surface area contributed by atoms with Crippen molar-refractivity contribution >= 4 is 11.9 Å². The zero-order valence-electron chi connectivity index (χ0n) is 10.3. The topological polar surface area (TPSA) is 105 Å². The first-order chi connectivity index (χ1) is 8.52. The normalized spacial score (nSPS) is 12.3. The van der Waals surface area contributed by atoms with Crippen LogP contribution in [0.2, 0.25) is 0 Å². The molecule has 1 amide bonds. The van der Waals surface area contributed by atoms with Gasteiger partial charge in [-0.25, -0.2) is 9.97 Å². The molecule has 0 bridgehead atoms. The van der Waals surface area contributed by atoms with Gasteiger partial charge in [0.05, 0.1) is 19.0 Å². The van der Waals surface area contributed by atoms with E-state index in [0.717, 1.165) is 0 Å². The van der Waals surface area contributed by atoms with Crippen molar-refractivity contribution in [2.75, 3.05) is 18.5 Å². The molecule has 7 heteroatoms. The first-order valence-corrected chi connectivity index (χ1v) is 5.57. The Balaban J connectivity index is 2.50. The molecule has 0 aliphatic carbocycles. The highest BCUT2D eigenvalue weighted by Crippen LogP contribution is 2.09. The van der Waals surface area contributed by atoms with Crippen LogP contribution in [0, 0.1) is 5.92 Å². The number of ether oxygens (including phenoxy) is 1. The SMILES string of the molecule is CC(C)C(=O)Nc1ncc(OC[C@H](O)CO)cn1. The van der Waals surface area contributed by atoms with Crippen molar-refractivity contribution in [1.29, 1.82) is 0 Å². The van der Waals surface area contributed by atoms with E-state index in [2.05, 4.69) is 15.3 Å². The summed E-state index contributed by atoms with van der Waals surface area (Å²) >= 11 is 0. The number of amides is 1. The van der Waals surface area contributed by atoms with Crippen molar-refractivity contribution in [2.45, 2.75) is 20.0 Å². The third kappa shape index (κ3) is 4.64. The van der Waals surface area contributed by atoms with Crippen LogP contribution in [0.4, 0.5) is 5.95 Å². The van der Waals surface area contributed by atoms with E-state index in [1.54, 1.807) is 13.8 Å². The maximum Gasteiger partial charge on any atom is 0.229 e. The van der Waals surface area contributed by atoms with E-state index >= 15 is 0 Å². The van der Waals surface area contributed by atoms with Crippen molar-refractivity contribution < 1.29 is 19.7 Å². The van der Waals surface area contributed by atoms with Gasteiger partial charge in [0, 0.05) is 5.92 Å². The lowest BCUT2D eigenvalue weighted by molar-refractivity contribution is -0.118. The van der Waals surface area contributed by atoms with Crippen LogP contribution in [0.1, 0.15) is 13.8 Å². The quantitative estimate of drug-likeness (QED) is 0.650. The fourth-order valence-corrected chi connectivity index (χ4v) is 0.955. The van der Waals surface area contributed by atoms with E-state index in [1.807, 2.05) is 0 Å². The molecule has 18 heavy (non-hydrogen) atoms. The Kier molecular flexibility index (Phi) is 5.47. The molecule has 0 aliphatic rings. The summed E-state index contributed by atoms with van der Waals surface area (Å²) in [4.78, 5) is 19.2. The van der Waals surface area contributed by atoms with E-state index in [9.17, 15) is 4.79 Å². The van der Waals surface area contributed by atoms with Crippen LogP contribution in [-0.2, 0) is 4.79 Å². The Labute approximate surface area is 105 Å². The molecule has 0 unspecified atom stereocenters. The van der Waals surface area contributed by atoms with Crippen molar-refractivity contribution in [1.82, 2.24) is 9.97 Å². The number of rotatable bonds is 6. The molecule has 1 rings (SSSR count). The summed E-state index contributed by atoms with van der Waals surface area (Å²) in [6, 6.07) is 0. The van der Waals surface area contributed by atoms with Gasteiger partial charge in [-0.1, -0.05) is 13.8 Å². The van der Waals surface area contributed by atoms with Gasteiger partial charge in [0.1, 0.15) is 12.7 Å². The van der Waals surface area contributed by atoms with Crippen molar-refractivity contribution in [3.05, 3.63) is 12.4 Å². The summed E-state index contributed by atoms with van der Waals surface area (Å²) in [7, 11) is 0. The van der Waals surface area contributed by atoms with Gasteiger partial charge in [0.25, 0.3) is 0 Å². The van der Waals surface area contributed by atoms with Gasteiger partial charge in [-0.3, -0.25) is 10.1 Å². The monoisotopic (exact) mass is 255 g/mol. The fraction of sp³-hybridized carbons (Fsp3) is 0.545. The number of nitrogens with one attached hydrogen (secondary N) is 1. The predicted molar refractivity (Wildman–Crippen MR) is 64.1 cm³/mol. The first kappa shape index (κ1) is 14.3.